The van der Waals surface area contributed by atoms with Gasteiger partial charge >= 0.3 is 0 Å². The van der Waals surface area contributed by atoms with Crippen LogP contribution in [0.1, 0.15) is 45.4 Å². The molecule has 15 heavy (non-hydrogen) atoms. The van der Waals surface area contributed by atoms with Gasteiger partial charge in [-0.15, -0.1) is 0 Å². The Balaban J connectivity index is 1.82. The molecule has 1 nitrogen and oxygen atoms in total. The maximum Gasteiger partial charge on any atom is 0.0100 e. The number of halogens is 1. The van der Waals surface area contributed by atoms with Gasteiger partial charge in [0, 0.05) is 17.9 Å². The Morgan fingerprint density at radius 1 is 1.33 bits per heavy atom. The van der Waals surface area contributed by atoms with E-state index >= 15 is 0 Å². The average Bonchev–Trinajstić information content (AvgIpc) is 2.98. The Morgan fingerprint density at radius 2 is 2.07 bits per heavy atom. The summed E-state index contributed by atoms with van der Waals surface area (Å²) in [6, 6.07) is 0.866. The summed E-state index contributed by atoms with van der Waals surface area (Å²) in [4.78, 5) is 2.64. The molecule has 0 aromatic rings. The van der Waals surface area contributed by atoms with Crippen molar-refractivity contribution in [1.29, 1.82) is 0 Å². The molecule has 0 amide bonds. The zero-order valence-electron chi connectivity index (χ0n) is 10.1. The largest absolute Gasteiger partial charge is 0.303 e. The molecule has 0 N–H and O–H groups in total. The molecule has 0 saturated heterocycles. The zero-order chi connectivity index (χ0) is 10.9. The Morgan fingerprint density at radius 3 is 2.60 bits per heavy atom. The molecule has 2 aliphatic rings. The minimum absolute atomic E-state index is 0.648. The van der Waals surface area contributed by atoms with Crippen LogP contribution < -0.4 is 0 Å². The predicted molar refractivity (Wildman–Crippen MR) is 69.5 cm³/mol. The van der Waals surface area contributed by atoms with Crippen molar-refractivity contribution in [2.75, 3.05) is 18.9 Å². The van der Waals surface area contributed by atoms with Gasteiger partial charge in [-0.3, -0.25) is 0 Å². The second-order valence-electron chi connectivity index (χ2n) is 5.97. The van der Waals surface area contributed by atoms with E-state index in [1.165, 1.54) is 50.4 Å². The van der Waals surface area contributed by atoms with Crippen molar-refractivity contribution in [3.63, 3.8) is 0 Å². The normalized spacial score (nSPS) is 34.4. The lowest BCUT2D eigenvalue weighted by molar-refractivity contribution is 0.143. The molecule has 0 spiro atoms. The molecule has 0 bridgehead atoms. The van der Waals surface area contributed by atoms with Gasteiger partial charge in [-0.2, -0.15) is 0 Å². The number of hydrogen-bond acceptors (Lipinski definition) is 1. The van der Waals surface area contributed by atoms with Gasteiger partial charge in [-0.1, -0.05) is 35.7 Å². The van der Waals surface area contributed by atoms with Crippen molar-refractivity contribution < 1.29 is 0 Å². The summed E-state index contributed by atoms with van der Waals surface area (Å²) < 4.78 is 0. The number of rotatable bonds is 4. The number of hydrogen-bond donors (Lipinski definition) is 0. The van der Waals surface area contributed by atoms with Gasteiger partial charge in [0.2, 0.25) is 0 Å². The molecule has 0 heterocycles. The molecule has 2 fully saturated rings. The second-order valence-corrected chi connectivity index (χ2v) is 6.54. The smallest absolute Gasteiger partial charge is 0.0100 e. The summed E-state index contributed by atoms with van der Waals surface area (Å²) in [5.74, 6) is 0.949. The molecule has 0 radical (unpaired) electrons. The van der Waals surface area contributed by atoms with Gasteiger partial charge in [0.15, 0.2) is 0 Å². The van der Waals surface area contributed by atoms with Crippen LogP contribution in [0.5, 0.6) is 0 Å². The van der Waals surface area contributed by atoms with E-state index in [1.807, 2.05) is 0 Å². The Hall–Kier alpha value is 0.440. The van der Waals surface area contributed by atoms with E-state index in [-0.39, 0.29) is 0 Å². The first-order valence-corrected chi connectivity index (χ1v) is 7.53. The average molecular weight is 274 g/mol. The van der Waals surface area contributed by atoms with Gasteiger partial charge in [0.25, 0.3) is 0 Å². The first-order chi connectivity index (χ1) is 7.15. The summed E-state index contributed by atoms with van der Waals surface area (Å²) in [5.41, 5.74) is 0.648. The topological polar surface area (TPSA) is 3.24 Å². The summed E-state index contributed by atoms with van der Waals surface area (Å²) >= 11 is 3.67. The van der Waals surface area contributed by atoms with Crippen molar-refractivity contribution in [2.45, 2.75) is 51.5 Å². The third-order valence-corrected chi connectivity index (χ3v) is 5.55. The molecule has 0 aliphatic heterocycles. The van der Waals surface area contributed by atoms with Crippen molar-refractivity contribution in [2.24, 2.45) is 11.3 Å². The fourth-order valence-electron chi connectivity index (χ4n) is 2.97. The highest BCUT2D eigenvalue weighted by atomic mass is 79.9. The predicted octanol–water partition coefficient (Wildman–Crippen LogP) is 3.67. The van der Waals surface area contributed by atoms with Crippen LogP contribution in [0.3, 0.4) is 0 Å². The van der Waals surface area contributed by atoms with E-state index in [4.69, 9.17) is 0 Å². The van der Waals surface area contributed by atoms with Crippen molar-refractivity contribution in [3.05, 3.63) is 0 Å². The maximum absolute atomic E-state index is 3.67. The van der Waals surface area contributed by atoms with Crippen LogP contribution in [-0.4, -0.2) is 29.9 Å². The summed E-state index contributed by atoms with van der Waals surface area (Å²) in [5, 5.41) is 1.20. The molecule has 0 aromatic carbocycles. The maximum atomic E-state index is 3.67. The van der Waals surface area contributed by atoms with E-state index < -0.39 is 0 Å². The van der Waals surface area contributed by atoms with Crippen LogP contribution >= 0.6 is 15.9 Å². The van der Waals surface area contributed by atoms with Gasteiger partial charge in [-0.25, -0.2) is 0 Å². The number of alkyl halides is 1. The van der Waals surface area contributed by atoms with E-state index in [1.54, 1.807) is 0 Å². The Kier molecular flexibility index (Phi) is 3.77. The lowest BCUT2D eigenvalue weighted by Gasteiger charge is -2.36. The molecule has 0 aromatic heterocycles. The van der Waals surface area contributed by atoms with Crippen molar-refractivity contribution in [3.8, 4) is 0 Å². The quantitative estimate of drug-likeness (QED) is 0.707. The third kappa shape index (κ3) is 2.97. The van der Waals surface area contributed by atoms with Crippen LogP contribution in [0.2, 0.25) is 0 Å². The van der Waals surface area contributed by atoms with Crippen LogP contribution in [0, 0.1) is 11.3 Å². The molecule has 88 valence electrons. The van der Waals surface area contributed by atoms with E-state index in [0.717, 1.165) is 12.0 Å². The highest BCUT2D eigenvalue weighted by Crippen LogP contribution is 2.48. The minimum atomic E-state index is 0.648. The first kappa shape index (κ1) is 11.9. The highest BCUT2D eigenvalue weighted by molar-refractivity contribution is 9.09. The lowest BCUT2D eigenvalue weighted by atomic mass is 9.86. The Labute approximate surface area is 103 Å². The minimum Gasteiger partial charge on any atom is -0.303 e. The second kappa shape index (κ2) is 4.75. The van der Waals surface area contributed by atoms with Crippen LogP contribution in [-0.2, 0) is 0 Å². The molecule has 2 aliphatic carbocycles. The first-order valence-electron chi connectivity index (χ1n) is 6.41. The monoisotopic (exact) mass is 273 g/mol. The van der Waals surface area contributed by atoms with Crippen molar-refractivity contribution >= 4 is 15.9 Å². The van der Waals surface area contributed by atoms with Gasteiger partial charge in [0.1, 0.15) is 0 Å². The highest BCUT2D eigenvalue weighted by Gasteiger charge is 2.43. The van der Waals surface area contributed by atoms with E-state index in [2.05, 4.69) is 34.8 Å². The SMILES string of the molecule is CC1CCCC(N(C)CC2(CBr)CC2)C1. The van der Waals surface area contributed by atoms with Gasteiger partial charge in [0.05, 0.1) is 0 Å². The van der Waals surface area contributed by atoms with E-state index in [0.29, 0.717) is 5.41 Å². The molecule has 2 saturated carbocycles. The van der Waals surface area contributed by atoms with E-state index in [9.17, 15) is 0 Å². The number of nitrogens with zero attached hydrogens (tertiary/aromatic N) is 1. The van der Waals surface area contributed by atoms with Crippen LogP contribution in [0.25, 0.3) is 0 Å². The summed E-state index contributed by atoms with van der Waals surface area (Å²) in [6.07, 6.45) is 8.62. The van der Waals surface area contributed by atoms with Gasteiger partial charge in [-0.05, 0) is 44.1 Å². The molecular weight excluding hydrogens is 250 g/mol. The fraction of sp³-hybridized carbons (Fsp3) is 1.00. The van der Waals surface area contributed by atoms with Crippen LogP contribution in [0.4, 0.5) is 0 Å². The summed E-state index contributed by atoms with van der Waals surface area (Å²) in [7, 11) is 2.34. The molecule has 2 heteroatoms. The third-order valence-electron chi connectivity index (χ3n) is 4.36. The molecular formula is C13H24BrN. The lowest BCUT2D eigenvalue weighted by Crippen LogP contribution is -2.39. The van der Waals surface area contributed by atoms with Gasteiger partial charge < -0.3 is 4.90 Å². The Bertz CT molecular complexity index is 213. The molecule has 2 rings (SSSR count). The van der Waals surface area contributed by atoms with Crippen LogP contribution in [0.15, 0.2) is 0 Å². The molecule has 2 unspecified atom stereocenters. The zero-order valence-corrected chi connectivity index (χ0v) is 11.7. The standard InChI is InChI=1S/C13H24BrN/c1-11-4-3-5-12(8-11)15(2)10-13(9-14)6-7-13/h11-12H,3-10H2,1-2H3. The summed E-state index contributed by atoms with van der Waals surface area (Å²) in [6.45, 7) is 3.73. The fourth-order valence-corrected chi connectivity index (χ4v) is 3.71. The molecule has 2 atom stereocenters. The van der Waals surface area contributed by atoms with Crippen molar-refractivity contribution in [1.82, 2.24) is 4.90 Å².